The van der Waals surface area contributed by atoms with E-state index in [2.05, 4.69) is 37.1 Å². The quantitative estimate of drug-likeness (QED) is 0.536. The van der Waals surface area contributed by atoms with E-state index in [1.807, 2.05) is 6.07 Å². The maximum absolute atomic E-state index is 11.8. The van der Waals surface area contributed by atoms with Crippen LogP contribution in [0.4, 0.5) is 11.4 Å². The third-order valence-electron chi connectivity index (χ3n) is 8.84. The molecule has 4 aliphatic carbocycles. The van der Waals surface area contributed by atoms with Crippen molar-refractivity contribution < 1.29 is 4.92 Å². The fourth-order valence-electron chi connectivity index (χ4n) is 7.98. The fourth-order valence-corrected chi connectivity index (χ4v) is 7.98. The van der Waals surface area contributed by atoms with Gasteiger partial charge in [-0.05, 0) is 100 Å². The molecule has 5 nitrogen and oxygen atoms in total. The number of piperazine rings is 1. The van der Waals surface area contributed by atoms with Gasteiger partial charge in [-0.2, -0.15) is 0 Å². The van der Waals surface area contributed by atoms with E-state index < -0.39 is 0 Å². The van der Waals surface area contributed by atoms with Crippen molar-refractivity contribution in [3.05, 3.63) is 33.9 Å². The highest BCUT2D eigenvalue weighted by Gasteiger charge is 2.53. The highest BCUT2D eigenvalue weighted by Crippen LogP contribution is 2.63. The Labute approximate surface area is 180 Å². The van der Waals surface area contributed by atoms with E-state index in [0.29, 0.717) is 29.1 Å². The molecule has 3 atom stereocenters. The number of anilines is 1. The molecule has 0 unspecified atom stereocenters. The van der Waals surface area contributed by atoms with Crippen LogP contribution in [-0.2, 0) is 6.42 Å². The summed E-state index contributed by atoms with van der Waals surface area (Å²) in [5.41, 5.74) is 2.83. The molecule has 0 spiro atoms. The zero-order chi connectivity index (χ0) is 21.0. The first-order valence-electron chi connectivity index (χ1n) is 12.1. The zero-order valence-corrected chi connectivity index (χ0v) is 18.8. The van der Waals surface area contributed by atoms with E-state index in [1.54, 1.807) is 6.07 Å². The van der Waals surface area contributed by atoms with Crippen molar-refractivity contribution >= 4 is 11.4 Å². The third-order valence-corrected chi connectivity index (χ3v) is 8.84. The van der Waals surface area contributed by atoms with E-state index in [9.17, 15) is 10.1 Å². The average Bonchev–Trinajstić information content (AvgIpc) is 2.66. The Hall–Kier alpha value is -1.62. The van der Waals surface area contributed by atoms with Crippen LogP contribution in [0.2, 0.25) is 0 Å². The van der Waals surface area contributed by atoms with Gasteiger partial charge >= 0.3 is 0 Å². The first kappa shape index (κ1) is 20.3. The summed E-state index contributed by atoms with van der Waals surface area (Å²) in [4.78, 5) is 14.1. The smallest absolute Gasteiger partial charge is 0.272 e. The van der Waals surface area contributed by atoms with Crippen molar-refractivity contribution in [2.45, 2.75) is 77.8 Å². The second-order valence-electron chi connectivity index (χ2n) is 11.3. The summed E-state index contributed by atoms with van der Waals surface area (Å²) < 4.78 is 0. The number of nitro benzene ring substituents is 1. The van der Waals surface area contributed by atoms with Crippen LogP contribution in [0, 0.1) is 39.2 Å². The highest BCUT2D eigenvalue weighted by molar-refractivity contribution is 5.56. The number of hydrogen-bond acceptors (Lipinski definition) is 4. The SMILES string of the molecule is C[C@H]1CN(c2ccc([N+](=O)[O-])c(C[C@H](C)C34CC5CC(CC(C5)C3)C4)c2)C[C@H](C)N1. The van der Waals surface area contributed by atoms with Gasteiger partial charge in [-0.3, -0.25) is 10.1 Å². The minimum Gasteiger partial charge on any atom is -0.368 e. The van der Waals surface area contributed by atoms with Crippen molar-refractivity contribution in [3.63, 3.8) is 0 Å². The number of nitrogens with zero attached hydrogens (tertiary/aromatic N) is 2. The summed E-state index contributed by atoms with van der Waals surface area (Å²) in [5.74, 6) is 3.28. The lowest BCUT2D eigenvalue weighted by Gasteiger charge is -2.59. The first-order valence-corrected chi connectivity index (χ1v) is 12.1. The van der Waals surface area contributed by atoms with Gasteiger partial charge in [0.25, 0.3) is 5.69 Å². The standard InChI is InChI=1S/C25H37N3O2/c1-16(25-11-19-7-20(12-25)9-21(8-19)13-25)6-22-10-23(4-5-24(22)28(29)30)27-14-17(2)26-18(3)15-27/h4-5,10,16-21,26H,6-9,11-15H2,1-3H3/t16-,17-,18-,19?,20?,21?,25?/m0/s1. The van der Waals surface area contributed by atoms with Crippen LogP contribution in [-0.4, -0.2) is 30.1 Å². The molecule has 5 fully saturated rings. The summed E-state index contributed by atoms with van der Waals surface area (Å²) in [5, 5.41) is 15.4. The van der Waals surface area contributed by atoms with Gasteiger partial charge in [-0.1, -0.05) is 6.92 Å². The van der Waals surface area contributed by atoms with Gasteiger partial charge < -0.3 is 10.2 Å². The molecule has 0 radical (unpaired) electrons. The second-order valence-corrected chi connectivity index (χ2v) is 11.3. The largest absolute Gasteiger partial charge is 0.368 e. The molecule has 5 aliphatic rings. The zero-order valence-electron chi connectivity index (χ0n) is 18.8. The predicted octanol–water partition coefficient (Wildman–Crippen LogP) is 5.18. The van der Waals surface area contributed by atoms with Crippen molar-refractivity contribution in [2.75, 3.05) is 18.0 Å². The van der Waals surface area contributed by atoms with Crippen molar-refractivity contribution in [2.24, 2.45) is 29.1 Å². The van der Waals surface area contributed by atoms with Crippen LogP contribution < -0.4 is 10.2 Å². The summed E-state index contributed by atoms with van der Waals surface area (Å²) in [7, 11) is 0. The van der Waals surface area contributed by atoms with E-state index >= 15 is 0 Å². The Morgan fingerprint density at radius 1 is 1.10 bits per heavy atom. The van der Waals surface area contributed by atoms with Gasteiger partial charge in [0.1, 0.15) is 0 Å². The Bertz CT molecular complexity index is 777. The van der Waals surface area contributed by atoms with Crippen molar-refractivity contribution in [1.29, 1.82) is 0 Å². The van der Waals surface area contributed by atoms with Gasteiger partial charge in [0.2, 0.25) is 0 Å². The van der Waals surface area contributed by atoms with Crippen LogP contribution in [0.5, 0.6) is 0 Å². The van der Waals surface area contributed by atoms with Crippen molar-refractivity contribution in [1.82, 2.24) is 5.32 Å². The molecular weight excluding hydrogens is 374 g/mol. The van der Waals surface area contributed by atoms with Crippen LogP contribution >= 0.6 is 0 Å². The molecule has 5 heteroatoms. The minimum atomic E-state index is -0.172. The van der Waals surface area contributed by atoms with E-state index in [1.165, 1.54) is 38.5 Å². The van der Waals surface area contributed by atoms with Gasteiger partial charge in [-0.25, -0.2) is 0 Å². The number of rotatable bonds is 5. The third kappa shape index (κ3) is 3.63. The Balaban J connectivity index is 1.41. The van der Waals surface area contributed by atoms with E-state index in [-0.39, 0.29) is 4.92 Å². The van der Waals surface area contributed by atoms with E-state index in [0.717, 1.165) is 48.5 Å². The van der Waals surface area contributed by atoms with Gasteiger partial charge in [0, 0.05) is 42.5 Å². The van der Waals surface area contributed by atoms with Gasteiger partial charge in [0.15, 0.2) is 0 Å². The molecule has 0 amide bonds. The lowest BCUT2D eigenvalue weighted by molar-refractivity contribution is -0.385. The molecule has 6 rings (SSSR count). The molecule has 4 bridgehead atoms. The number of hydrogen-bond donors (Lipinski definition) is 1. The lowest BCUT2D eigenvalue weighted by atomic mass is 9.46. The van der Waals surface area contributed by atoms with Gasteiger partial charge in [-0.15, -0.1) is 0 Å². The highest BCUT2D eigenvalue weighted by atomic mass is 16.6. The van der Waals surface area contributed by atoms with E-state index in [4.69, 9.17) is 0 Å². The first-order chi connectivity index (χ1) is 14.3. The summed E-state index contributed by atoms with van der Waals surface area (Å²) in [6.07, 6.45) is 9.26. The Morgan fingerprint density at radius 2 is 1.67 bits per heavy atom. The lowest BCUT2D eigenvalue weighted by Crippen LogP contribution is -2.54. The van der Waals surface area contributed by atoms with Crippen molar-refractivity contribution in [3.8, 4) is 0 Å². The molecule has 4 saturated carbocycles. The summed E-state index contributed by atoms with van der Waals surface area (Å²) >= 11 is 0. The van der Waals surface area contributed by atoms with Crippen LogP contribution in [0.25, 0.3) is 0 Å². The average molecular weight is 412 g/mol. The van der Waals surface area contributed by atoms with Crippen LogP contribution in [0.15, 0.2) is 18.2 Å². The summed E-state index contributed by atoms with van der Waals surface area (Å²) in [6, 6.07) is 6.72. The number of nitrogens with one attached hydrogen (secondary N) is 1. The number of benzene rings is 1. The van der Waals surface area contributed by atoms with Crippen LogP contribution in [0.3, 0.4) is 0 Å². The second kappa shape index (κ2) is 7.51. The minimum absolute atomic E-state index is 0.172. The molecule has 0 aromatic heterocycles. The maximum Gasteiger partial charge on any atom is 0.272 e. The monoisotopic (exact) mass is 411 g/mol. The molecule has 1 aromatic carbocycles. The maximum atomic E-state index is 11.8. The molecule has 1 aliphatic heterocycles. The Kier molecular flexibility index (Phi) is 5.08. The molecule has 30 heavy (non-hydrogen) atoms. The predicted molar refractivity (Wildman–Crippen MR) is 121 cm³/mol. The molecule has 164 valence electrons. The normalized spacial score (nSPS) is 38.6. The molecule has 1 saturated heterocycles. The summed E-state index contributed by atoms with van der Waals surface area (Å²) in [6.45, 7) is 8.71. The van der Waals surface area contributed by atoms with Crippen LogP contribution in [0.1, 0.15) is 64.9 Å². The molecule has 1 aromatic rings. The fraction of sp³-hybridized carbons (Fsp3) is 0.760. The molecule has 1 N–H and O–H groups in total. The molecule has 1 heterocycles. The molecular formula is C25H37N3O2. The topological polar surface area (TPSA) is 58.4 Å². The number of nitro groups is 1. The Morgan fingerprint density at radius 3 is 2.20 bits per heavy atom. The van der Waals surface area contributed by atoms with Gasteiger partial charge in [0.05, 0.1) is 4.92 Å².